The van der Waals surface area contributed by atoms with Crippen LogP contribution in [0.25, 0.3) is 0 Å². The van der Waals surface area contributed by atoms with Gasteiger partial charge in [0.15, 0.2) is 0 Å². The van der Waals surface area contributed by atoms with E-state index in [0.717, 1.165) is 4.90 Å². The highest BCUT2D eigenvalue weighted by molar-refractivity contribution is 9.10. The van der Waals surface area contributed by atoms with Crippen molar-refractivity contribution in [2.45, 2.75) is 19.4 Å². The Hall–Kier alpha value is -1.56. The molecule has 98 valence electrons. The number of rotatable bonds is 4. The van der Waals surface area contributed by atoms with Crippen LogP contribution in [0.1, 0.15) is 23.7 Å². The van der Waals surface area contributed by atoms with Crippen LogP contribution in [-0.2, 0) is 4.79 Å². The van der Waals surface area contributed by atoms with E-state index in [-0.39, 0.29) is 11.3 Å². The molecule has 0 saturated carbocycles. The number of benzene rings is 1. The minimum absolute atomic E-state index is 0.0578. The number of phenols is 1. The summed E-state index contributed by atoms with van der Waals surface area (Å²) in [7, 11) is 1.43. The van der Waals surface area contributed by atoms with Crippen LogP contribution in [0.4, 0.5) is 0 Å². The number of phenolic OH excluding ortho intramolecular Hbond substituents is 1. The van der Waals surface area contributed by atoms with Crippen molar-refractivity contribution in [2.24, 2.45) is 0 Å². The first-order chi connectivity index (χ1) is 8.38. The number of halogens is 1. The Labute approximate surface area is 113 Å². The number of carbonyl (C=O) groups excluding carboxylic acids is 1. The Bertz CT molecular complexity index is 475. The van der Waals surface area contributed by atoms with Crippen molar-refractivity contribution < 1.29 is 19.8 Å². The third kappa shape index (κ3) is 3.01. The lowest BCUT2D eigenvalue weighted by Gasteiger charge is -2.23. The lowest BCUT2D eigenvalue weighted by Crippen LogP contribution is -2.41. The number of nitrogens with zero attached hydrogens (tertiary/aromatic N) is 1. The van der Waals surface area contributed by atoms with Crippen molar-refractivity contribution >= 4 is 27.8 Å². The van der Waals surface area contributed by atoms with E-state index in [1.807, 2.05) is 0 Å². The van der Waals surface area contributed by atoms with Gasteiger partial charge >= 0.3 is 5.97 Å². The summed E-state index contributed by atoms with van der Waals surface area (Å²) in [6, 6.07) is 3.50. The summed E-state index contributed by atoms with van der Waals surface area (Å²) in [4.78, 5) is 24.2. The molecule has 0 saturated heterocycles. The molecule has 2 N–H and O–H groups in total. The molecule has 1 aromatic carbocycles. The van der Waals surface area contributed by atoms with Crippen LogP contribution in [0.2, 0.25) is 0 Å². The van der Waals surface area contributed by atoms with E-state index in [4.69, 9.17) is 5.11 Å². The summed E-state index contributed by atoms with van der Waals surface area (Å²) in [5.41, 5.74) is 0.248. The number of aliphatic carboxylic acids is 1. The topological polar surface area (TPSA) is 77.8 Å². The fourth-order valence-electron chi connectivity index (χ4n) is 1.61. The third-order valence-corrected chi connectivity index (χ3v) is 3.32. The first kappa shape index (κ1) is 14.5. The molecule has 6 heteroatoms. The fraction of sp³-hybridized carbons (Fsp3) is 0.333. The smallest absolute Gasteiger partial charge is 0.326 e. The van der Waals surface area contributed by atoms with Crippen molar-refractivity contribution in [1.29, 1.82) is 0 Å². The van der Waals surface area contributed by atoms with Crippen molar-refractivity contribution in [3.05, 3.63) is 28.2 Å². The Morgan fingerprint density at radius 3 is 2.50 bits per heavy atom. The molecule has 0 aliphatic carbocycles. The molecule has 1 unspecified atom stereocenters. The van der Waals surface area contributed by atoms with Gasteiger partial charge in [0.1, 0.15) is 11.8 Å². The molecule has 0 bridgehead atoms. The predicted octanol–water partition coefficient (Wildman–Crippen LogP) is 2.09. The second-order valence-electron chi connectivity index (χ2n) is 3.84. The maximum atomic E-state index is 12.0. The second-order valence-corrected chi connectivity index (χ2v) is 4.70. The predicted molar refractivity (Wildman–Crippen MR) is 69.6 cm³/mol. The number of likely N-dealkylation sites (N-methyl/N-ethyl adjacent to an activating group) is 1. The van der Waals surface area contributed by atoms with Gasteiger partial charge in [-0.2, -0.15) is 0 Å². The largest absolute Gasteiger partial charge is 0.507 e. The Morgan fingerprint density at radius 2 is 2.06 bits per heavy atom. The van der Waals surface area contributed by atoms with E-state index in [9.17, 15) is 14.7 Å². The Kier molecular flexibility index (Phi) is 4.72. The van der Waals surface area contributed by atoms with Crippen LogP contribution in [0.3, 0.4) is 0 Å². The summed E-state index contributed by atoms with van der Waals surface area (Å²) < 4.78 is 0.479. The molecule has 0 fully saturated rings. The fourth-order valence-corrected chi connectivity index (χ4v) is 1.85. The lowest BCUT2D eigenvalue weighted by atomic mass is 10.1. The van der Waals surface area contributed by atoms with Gasteiger partial charge in [0, 0.05) is 12.6 Å². The zero-order chi connectivity index (χ0) is 13.9. The van der Waals surface area contributed by atoms with E-state index in [1.54, 1.807) is 6.92 Å². The van der Waals surface area contributed by atoms with Crippen LogP contribution in [-0.4, -0.2) is 40.1 Å². The summed E-state index contributed by atoms with van der Waals surface area (Å²) in [5.74, 6) is -1.54. The van der Waals surface area contributed by atoms with E-state index in [1.165, 1.54) is 25.2 Å². The number of hydrogen-bond donors (Lipinski definition) is 2. The minimum Gasteiger partial charge on any atom is -0.507 e. The Balaban J connectivity index is 2.99. The maximum Gasteiger partial charge on any atom is 0.326 e. The van der Waals surface area contributed by atoms with Gasteiger partial charge in [0.25, 0.3) is 5.91 Å². The average molecular weight is 316 g/mol. The van der Waals surface area contributed by atoms with Gasteiger partial charge in [-0.25, -0.2) is 4.79 Å². The normalized spacial score (nSPS) is 11.9. The molecule has 1 rings (SSSR count). The molecular weight excluding hydrogens is 302 g/mol. The van der Waals surface area contributed by atoms with E-state index >= 15 is 0 Å². The molecule has 0 aliphatic heterocycles. The summed E-state index contributed by atoms with van der Waals surface area (Å²) in [5, 5.41) is 18.5. The molecule has 18 heavy (non-hydrogen) atoms. The molecular formula is C12H14BrNO4. The SMILES string of the molecule is CCC(C(=O)O)N(C)C(=O)c1ccc(Br)c(O)c1. The number of carbonyl (C=O) groups is 2. The monoisotopic (exact) mass is 315 g/mol. The van der Waals surface area contributed by atoms with Gasteiger partial charge < -0.3 is 15.1 Å². The van der Waals surface area contributed by atoms with Crippen LogP contribution in [0.15, 0.2) is 22.7 Å². The average Bonchev–Trinajstić information content (AvgIpc) is 2.32. The van der Waals surface area contributed by atoms with Crippen molar-refractivity contribution in [3.8, 4) is 5.75 Å². The van der Waals surface area contributed by atoms with Gasteiger partial charge in [-0.15, -0.1) is 0 Å². The van der Waals surface area contributed by atoms with E-state index < -0.39 is 17.9 Å². The standard InChI is InChI=1S/C12H14BrNO4/c1-3-9(12(17)18)14(2)11(16)7-4-5-8(13)10(15)6-7/h4-6,9,15H,3H2,1-2H3,(H,17,18). The van der Waals surface area contributed by atoms with Crippen molar-refractivity contribution in [2.75, 3.05) is 7.05 Å². The van der Waals surface area contributed by atoms with Gasteiger partial charge in [-0.3, -0.25) is 4.79 Å². The Morgan fingerprint density at radius 1 is 1.44 bits per heavy atom. The quantitative estimate of drug-likeness (QED) is 0.891. The maximum absolute atomic E-state index is 12.0. The zero-order valence-corrected chi connectivity index (χ0v) is 11.6. The highest BCUT2D eigenvalue weighted by Gasteiger charge is 2.25. The highest BCUT2D eigenvalue weighted by Crippen LogP contribution is 2.25. The van der Waals surface area contributed by atoms with Crippen molar-refractivity contribution in [3.63, 3.8) is 0 Å². The van der Waals surface area contributed by atoms with Gasteiger partial charge in [-0.05, 0) is 40.5 Å². The third-order valence-electron chi connectivity index (χ3n) is 2.65. The summed E-state index contributed by atoms with van der Waals surface area (Å²) in [6.45, 7) is 1.70. The molecule has 5 nitrogen and oxygen atoms in total. The summed E-state index contributed by atoms with van der Waals surface area (Å²) >= 11 is 3.11. The van der Waals surface area contributed by atoms with Crippen LogP contribution < -0.4 is 0 Å². The molecule has 0 aromatic heterocycles. The molecule has 0 radical (unpaired) electrons. The van der Waals surface area contributed by atoms with Crippen LogP contribution in [0.5, 0.6) is 5.75 Å². The first-order valence-corrected chi connectivity index (χ1v) is 6.16. The number of amides is 1. The number of carboxylic acids is 1. The van der Waals surface area contributed by atoms with E-state index in [2.05, 4.69) is 15.9 Å². The van der Waals surface area contributed by atoms with Crippen LogP contribution in [0, 0.1) is 0 Å². The van der Waals surface area contributed by atoms with Crippen LogP contribution >= 0.6 is 15.9 Å². The van der Waals surface area contributed by atoms with Gasteiger partial charge in [0.2, 0.25) is 0 Å². The number of hydrogen-bond acceptors (Lipinski definition) is 3. The molecule has 1 aromatic rings. The lowest BCUT2D eigenvalue weighted by molar-refractivity contribution is -0.142. The van der Waals surface area contributed by atoms with E-state index in [0.29, 0.717) is 10.9 Å². The molecule has 0 aliphatic rings. The van der Waals surface area contributed by atoms with Gasteiger partial charge in [-0.1, -0.05) is 6.92 Å². The molecule has 1 atom stereocenters. The molecule has 0 spiro atoms. The number of aromatic hydroxyl groups is 1. The zero-order valence-electron chi connectivity index (χ0n) is 10.1. The minimum atomic E-state index is -1.05. The molecule has 1 amide bonds. The summed E-state index contributed by atoms with van der Waals surface area (Å²) in [6.07, 6.45) is 0.320. The first-order valence-electron chi connectivity index (χ1n) is 5.37. The van der Waals surface area contributed by atoms with Crippen molar-refractivity contribution in [1.82, 2.24) is 4.90 Å². The molecule has 0 heterocycles. The highest BCUT2D eigenvalue weighted by atomic mass is 79.9. The van der Waals surface area contributed by atoms with Gasteiger partial charge in [0.05, 0.1) is 4.47 Å². The number of carboxylic acid groups (broad SMARTS) is 1. The second kappa shape index (κ2) is 5.86.